The summed E-state index contributed by atoms with van der Waals surface area (Å²) < 4.78 is 14.4. The van der Waals surface area contributed by atoms with E-state index in [0.29, 0.717) is 10.0 Å². The summed E-state index contributed by atoms with van der Waals surface area (Å²) in [7, 11) is 1.52. The molecule has 0 aliphatic heterocycles. The Morgan fingerprint density at radius 2 is 1.92 bits per heavy atom. The fourth-order valence-electron chi connectivity index (χ4n) is 2.28. The first-order valence-electron chi connectivity index (χ1n) is 8.01. The standard InChI is InChI=1S/C20H20BrFN2O2/c1-13-4-5-14(2)18(10-13)23-19(25)12-24(3)20(26)9-6-15-11-16(21)7-8-17(15)22/h4-11H,12H2,1-3H3,(H,23,25)/b9-6+. The molecule has 0 saturated heterocycles. The van der Waals surface area contributed by atoms with Gasteiger partial charge < -0.3 is 10.2 Å². The van der Waals surface area contributed by atoms with Crippen LogP contribution in [0.1, 0.15) is 16.7 Å². The zero-order chi connectivity index (χ0) is 19.3. The highest BCUT2D eigenvalue weighted by atomic mass is 79.9. The molecule has 4 nitrogen and oxygen atoms in total. The van der Waals surface area contributed by atoms with Crippen LogP contribution in [-0.4, -0.2) is 30.3 Å². The minimum atomic E-state index is -0.424. The predicted octanol–water partition coefficient (Wildman–Crippen LogP) is 4.32. The highest BCUT2D eigenvalue weighted by Crippen LogP contribution is 2.17. The first-order valence-corrected chi connectivity index (χ1v) is 8.81. The third kappa shape index (κ3) is 5.52. The molecular weight excluding hydrogens is 399 g/mol. The zero-order valence-corrected chi connectivity index (χ0v) is 16.4. The van der Waals surface area contributed by atoms with Gasteiger partial charge in [0.1, 0.15) is 5.82 Å². The Morgan fingerprint density at radius 3 is 2.65 bits per heavy atom. The van der Waals surface area contributed by atoms with E-state index in [1.807, 2.05) is 32.0 Å². The van der Waals surface area contributed by atoms with E-state index in [4.69, 9.17) is 0 Å². The van der Waals surface area contributed by atoms with Crippen LogP contribution in [0.15, 0.2) is 46.9 Å². The summed E-state index contributed by atoms with van der Waals surface area (Å²) in [5.74, 6) is -1.11. The largest absolute Gasteiger partial charge is 0.333 e. The Bertz CT molecular complexity index is 865. The molecule has 1 N–H and O–H groups in total. The van der Waals surface area contributed by atoms with E-state index in [2.05, 4.69) is 21.2 Å². The number of nitrogens with zero attached hydrogens (tertiary/aromatic N) is 1. The van der Waals surface area contributed by atoms with E-state index in [1.165, 1.54) is 30.2 Å². The average Bonchev–Trinajstić information content (AvgIpc) is 2.58. The van der Waals surface area contributed by atoms with Crippen LogP contribution in [0.25, 0.3) is 6.08 Å². The van der Waals surface area contributed by atoms with E-state index in [9.17, 15) is 14.0 Å². The van der Waals surface area contributed by atoms with Crippen molar-refractivity contribution < 1.29 is 14.0 Å². The number of amides is 2. The summed E-state index contributed by atoms with van der Waals surface area (Å²) in [4.78, 5) is 25.6. The number of carbonyl (C=O) groups is 2. The summed E-state index contributed by atoms with van der Waals surface area (Å²) >= 11 is 3.26. The van der Waals surface area contributed by atoms with Crippen molar-refractivity contribution in [3.8, 4) is 0 Å². The third-order valence-electron chi connectivity index (χ3n) is 3.79. The summed E-state index contributed by atoms with van der Waals surface area (Å²) in [5, 5.41) is 2.80. The SMILES string of the molecule is Cc1ccc(C)c(NC(=O)CN(C)C(=O)/C=C/c2cc(Br)ccc2F)c1. The monoisotopic (exact) mass is 418 g/mol. The molecule has 6 heteroatoms. The Morgan fingerprint density at radius 1 is 1.19 bits per heavy atom. The van der Waals surface area contributed by atoms with Crippen molar-refractivity contribution in [2.75, 3.05) is 18.9 Å². The van der Waals surface area contributed by atoms with Gasteiger partial charge >= 0.3 is 0 Å². The van der Waals surface area contributed by atoms with Crippen LogP contribution in [0.2, 0.25) is 0 Å². The van der Waals surface area contributed by atoms with E-state index in [-0.39, 0.29) is 18.4 Å². The van der Waals surface area contributed by atoms with Crippen LogP contribution in [0.5, 0.6) is 0 Å². The number of benzene rings is 2. The molecule has 2 rings (SSSR count). The number of likely N-dealkylation sites (N-methyl/N-ethyl adjacent to an activating group) is 1. The molecule has 0 bridgehead atoms. The minimum Gasteiger partial charge on any atom is -0.333 e. The van der Waals surface area contributed by atoms with Gasteiger partial charge in [-0.1, -0.05) is 28.1 Å². The number of carbonyl (C=O) groups excluding carboxylic acids is 2. The zero-order valence-electron chi connectivity index (χ0n) is 14.8. The van der Waals surface area contributed by atoms with E-state index < -0.39 is 5.82 Å². The van der Waals surface area contributed by atoms with Crippen molar-refractivity contribution in [3.05, 3.63) is 69.5 Å². The van der Waals surface area contributed by atoms with E-state index >= 15 is 0 Å². The van der Waals surface area contributed by atoms with Gasteiger partial charge in [-0.05, 0) is 55.3 Å². The molecule has 0 atom stereocenters. The Hall–Kier alpha value is -2.47. The second kappa shape index (κ2) is 8.76. The van der Waals surface area contributed by atoms with Gasteiger partial charge in [0.05, 0.1) is 6.54 Å². The Labute approximate surface area is 160 Å². The quantitative estimate of drug-likeness (QED) is 0.735. The average molecular weight is 419 g/mol. The van der Waals surface area contributed by atoms with Gasteiger partial charge in [0.15, 0.2) is 0 Å². The number of hydrogen-bond acceptors (Lipinski definition) is 2. The van der Waals surface area contributed by atoms with Crippen LogP contribution in [0, 0.1) is 19.7 Å². The molecule has 2 aromatic rings. The van der Waals surface area contributed by atoms with Crippen molar-refractivity contribution in [3.63, 3.8) is 0 Å². The first kappa shape index (κ1) is 19.8. The summed E-state index contributed by atoms with van der Waals surface area (Å²) in [6.07, 6.45) is 2.64. The maximum absolute atomic E-state index is 13.7. The van der Waals surface area contributed by atoms with Crippen molar-refractivity contribution in [2.24, 2.45) is 0 Å². The fourth-order valence-corrected chi connectivity index (χ4v) is 2.66. The van der Waals surface area contributed by atoms with Crippen LogP contribution in [0.4, 0.5) is 10.1 Å². The predicted molar refractivity (Wildman–Crippen MR) is 105 cm³/mol. The highest BCUT2D eigenvalue weighted by Gasteiger charge is 2.12. The van der Waals surface area contributed by atoms with E-state index in [1.54, 1.807) is 12.1 Å². The van der Waals surface area contributed by atoms with Gasteiger partial charge in [-0.3, -0.25) is 9.59 Å². The fraction of sp³-hybridized carbons (Fsp3) is 0.200. The lowest BCUT2D eigenvalue weighted by Crippen LogP contribution is -2.34. The second-order valence-electron chi connectivity index (χ2n) is 6.06. The van der Waals surface area contributed by atoms with Crippen LogP contribution in [-0.2, 0) is 9.59 Å². The number of anilines is 1. The van der Waals surface area contributed by atoms with Crippen LogP contribution < -0.4 is 5.32 Å². The number of halogens is 2. The molecule has 0 radical (unpaired) electrons. The lowest BCUT2D eigenvalue weighted by molar-refractivity contribution is -0.129. The van der Waals surface area contributed by atoms with Gasteiger partial charge in [0, 0.05) is 28.8 Å². The Kier molecular flexibility index (Phi) is 6.69. The lowest BCUT2D eigenvalue weighted by atomic mass is 10.1. The topological polar surface area (TPSA) is 49.4 Å². The van der Waals surface area contributed by atoms with Crippen LogP contribution >= 0.6 is 15.9 Å². The number of aryl methyl sites for hydroxylation is 2. The van der Waals surface area contributed by atoms with Gasteiger partial charge in [-0.2, -0.15) is 0 Å². The van der Waals surface area contributed by atoms with Gasteiger partial charge in [-0.25, -0.2) is 4.39 Å². The maximum Gasteiger partial charge on any atom is 0.246 e. The number of hydrogen-bond donors (Lipinski definition) is 1. The summed E-state index contributed by atoms with van der Waals surface area (Å²) in [5.41, 5.74) is 3.00. The molecule has 0 aliphatic carbocycles. The maximum atomic E-state index is 13.7. The molecule has 0 spiro atoms. The highest BCUT2D eigenvalue weighted by molar-refractivity contribution is 9.10. The molecule has 2 aromatic carbocycles. The van der Waals surface area contributed by atoms with Gasteiger partial charge in [0.2, 0.25) is 11.8 Å². The minimum absolute atomic E-state index is 0.0997. The normalized spacial score (nSPS) is 10.8. The Balaban J connectivity index is 1.97. The van der Waals surface area contributed by atoms with Crippen LogP contribution in [0.3, 0.4) is 0 Å². The molecule has 136 valence electrons. The van der Waals surface area contributed by atoms with Gasteiger partial charge in [0.25, 0.3) is 0 Å². The smallest absolute Gasteiger partial charge is 0.246 e. The molecule has 0 aliphatic rings. The first-order chi connectivity index (χ1) is 12.3. The molecule has 0 unspecified atom stereocenters. The molecule has 0 saturated carbocycles. The van der Waals surface area contributed by atoms with Crippen molar-refractivity contribution in [2.45, 2.75) is 13.8 Å². The summed E-state index contributed by atoms with van der Waals surface area (Å²) in [6.45, 7) is 3.74. The molecule has 0 heterocycles. The lowest BCUT2D eigenvalue weighted by Gasteiger charge is -2.16. The van der Waals surface area contributed by atoms with Gasteiger partial charge in [-0.15, -0.1) is 0 Å². The second-order valence-corrected chi connectivity index (χ2v) is 6.98. The summed E-state index contributed by atoms with van der Waals surface area (Å²) in [6, 6.07) is 10.2. The van der Waals surface area contributed by atoms with Crippen molar-refractivity contribution in [1.82, 2.24) is 4.90 Å². The molecule has 0 fully saturated rings. The number of rotatable bonds is 5. The molecule has 26 heavy (non-hydrogen) atoms. The van der Waals surface area contributed by atoms with Crippen molar-refractivity contribution >= 4 is 39.5 Å². The van der Waals surface area contributed by atoms with E-state index in [0.717, 1.165) is 16.8 Å². The molecule has 2 amide bonds. The van der Waals surface area contributed by atoms with Crippen molar-refractivity contribution in [1.29, 1.82) is 0 Å². The number of nitrogens with one attached hydrogen (secondary N) is 1. The molecule has 0 aromatic heterocycles. The molecular formula is C20H20BrFN2O2. The third-order valence-corrected chi connectivity index (χ3v) is 4.28.